The third-order valence-corrected chi connectivity index (χ3v) is 8.77. The van der Waals surface area contributed by atoms with Crippen LogP contribution in [0.25, 0.3) is 0 Å². The maximum absolute atomic E-state index is 12.9. The summed E-state index contributed by atoms with van der Waals surface area (Å²) in [5.41, 5.74) is 1.99. The number of thiophene rings is 1. The summed E-state index contributed by atoms with van der Waals surface area (Å²) < 4.78 is 7.35. The highest BCUT2D eigenvalue weighted by molar-refractivity contribution is 7.99. The molecule has 1 saturated carbocycles. The SMILES string of the molecule is CC(C)c1cc(NC(=O)NSN(c2cnn(C3CC3)c2)C2CCCN(C)C2)c(C(C)C)s1. The number of nitrogens with one attached hydrogen (secondary N) is 2. The molecular weight excluding hydrogens is 440 g/mol. The van der Waals surface area contributed by atoms with Gasteiger partial charge in [-0.05, 0) is 57.2 Å². The van der Waals surface area contributed by atoms with Crippen LogP contribution in [0.3, 0.4) is 0 Å². The van der Waals surface area contributed by atoms with E-state index in [1.807, 2.05) is 6.20 Å². The number of hydrogen-bond acceptors (Lipinski definition) is 6. The monoisotopic (exact) mass is 476 g/mol. The first-order chi connectivity index (χ1) is 15.3. The van der Waals surface area contributed by atoms with Crippen LogP contribution in [-0.4, -0.2) is 46.9 Å². The van der Waals surface area contributed by atoms with Gasteiger partial charge < -0.3 is 10.2 Å². The molecule has 2 fully saturated rings. The van der Waals surface area contributed by atoms with Crippen LogP contribution in [0.2, 0.25) is 0 Å². The average molecular weight is 477 g/mol. The molecule has 4 rings (SSSR count). The van der Waals surface area contributed by atoms with E-state index in [0.29, 0.717) is 23.9 Å². The number of likely N-dealkylation sites (N-methyl/N-ethyl adjacent to an activating group) is 1. The van der Waals surface area contributed by atoms with E-state index in [-0.39, 0.29) is 6.03 Å². The fraction of sp³-hybridized carbons (Fsp3) is 0.652. The van der Waals surface area contributed by atoms with Crippen molar-refractivity contribution in [2.75, 3.05) is 29.8 Å². The molecule has 0 bridgehead atoms. The van der Waals surface area contributed by atoms with E-state index in [4.69, 9.17) is 0 Å². The van der Waals surface area contributed by atoms with Crippen molar-refractivity contribution in [3.8, 4) is 0 Å². The molecule has 1 unspecified atom stereocenters. The topological polar surface area (TPSA) is 65.4 Å². The Bertz CT molecular complexity index is 919. The Morgan fingerprint density at radius 2 is 2.03 bits per heavy atom. The Morgan fingerprint density at radius 1 is 1.25 bits per heavy atom. The number of urea groups is 1. The second-order valence-corrected chi connectivity index (χ2v) is 11.6. The average Bonchev–Trinajstić information content (AvgIpc) is 3.31. The number of carbonyl (C=O) groups is 1. The molecule has 0 aromatic carbocycles. The van der Waals surface area contributed by atoms with E-state index in [1.54, 1.807) is 11.3 Å². The van der Waals surface area contributed by atoms with Crippen LogP contribution < -0.4 is 14.3 Å². The summed E-state index contributed by atoms with van der Waals surface area (Å²) in [5.74, 6) is 0.824. The summed E-state index contributed by atoms with van der Waals surface area (Å²) >= 11 is 3.18. The van der Waals surface area contributed by atoms with E-state index in [2.05, 4.69) is 76.0 Å². The van der Waals surface area contributed by atoms with Crippen LogP contribution in [0.4, 0.5) is 16.2 Å². The molecule has 2 N–H and O–H groups in total. The maximum atomic E-state index is 12.9. The van der Waals surface area contributed by atoms with Gasteiger partial charge in [-0.15, -0.1) is 11.3 Å². The molecular formula is C23H36N6OS2. The van der Waals surface area contributed by atoms with Crippen molar-refractivity contribution < 1.29 is 4.79 Å². The summed E-state index contributed by atoms with van der Waals surface area (Å²) in [7, 11) is 2.17. The van der Waals surface area contributed by atoms with Crippen molar-refractivity contribution in [2.24, 2.45) is 0 Å². The number of piperidine rings is 1. The van der Waals surface area contributed by atoms with Gasteiger partial charge in [-0.25, -0.2) is 4.79 Å². The summed E-state index contributed by atoms with van der Waals surface area (Å²) in [6.07, 6.45) is 8.74. The van der Waals surface area contributed by atoms with Crippen LogP contribution in [0.1, 0.15) is 81.0 Å². The summed E-state index contributed by atoms with van der Waals surface area (Å²) in [6, 6.07) is 2.82. The molecule has 2 aromatic rings. The molecule has 1 aliphatic heterocycles. The normalized spacial score (nSPS) is 19.5. The Hall–Kier alpha value is -1.71. The smallest absolute Gasteiger partial charge is 0.306 e. The summed E-state index contributed by atoms with van der Waals surface area (Å²) in [5, 5.41) is 7.68. The molecule has 9 heteroatoms. The third-order valence-electron chi connectivity index (χ3n) is 6.05. The van der Waals surface area contributed by atoms with Crippen LogP contribution in [-0.2, 0) is 0 Å². The molecule has 2 aromatic heterocycles. The predicted molar refractivity (Wildman–Crippen MR) is 136 cm³/mol. The van der Waals surface area contributed by atoms with Crippen molar-refractivity contribution in [2.45, 2.75) is 77.3 Å². The Kier molecular flexibility index (Phi) is 7.37. The molecule has 1 atom stereocenters. The fourth-order valence-corrected chi connectivity index (χ4v) is 6.00. The van der Waals surface area contributed by atoms with E-state index < -0.39 is 0 Å². The number of aromatic nitrogens is 2. The van der Waals surface area contributed by atoms with E-state index in [9.17, 15) is 4.79 Å². The molecule has 1 saturated heterocycles. The van der Waals surface area contributed by atoms with Crippen LogP contribution >= 0.6 is 23.5 Å². The van der Waals surface area contributed by atoms with Crippen molar-refractivity contribution in [3.63, 3.8) is 0 Å². The van der Waals surface area contributed by atoms with Crippen LogP contribution in [0, 0.1) is 0 Å². The van der Waals surface area contributed by atoms with E-state index in [0.717, 1.165) is 37.3 Å². The summed E-state index contributed by atoms with van der Waals surface area (Å²) in [6.45, 7) is 10.8. The van der Waals surface area contributed by atoms with E-state index >= 15 is 0 Å². The number of rotatable bonds is 8. The van der Waals surface area contributed by atoms with Gasteiger partial charge in [-0.1, -0.05) is 27.7 Å². The zero-order valence-electron chi connectivity index (χ0n) is 19.8. The molecule has 176 valence electrons. The molecule has 0 radical (unpaired) electrons. The second-order valence-electron chi connectivity index (χ2n) is 9.68. The number of amides is 2. The van der Waals surface area contributed by atoms with Crippen LogP contribution in [0.15, 0.2) is 18.5 Å². The molecule has 2 amide bonds. The van der Waals surface area contributed by atoms with E-state index in [1.165, 1.54) is 34.7 Å². The number of likely N-dealkylation sites (tertiary alicyclic amines) is 1. The van der Waals surface area contributed by atoms with Gasteiger partial charge in [0.2, 0.25) is 0 Å². The highest BCUT2D eigenvalue weighted by Crippen LogP contribution is 2.38. The Labute approximate surface area is 200 Å². The number of nitrogens with zero attached hydrogens (tertiary/aromatic N) is 4. The first kappa shape index (κ1) is 23.4. The molecule has 0 spiro atoms. The number of anilines is 2. The van der Waals surface area contributed by atoms with Gasteiger partial charge in [0.05, 0.1) is 41.8 Å². The first-order valence-corrected chi connectivity index (χ1v) is 13.3. The minimum Gasteiger partial charge on any atom is -0.306 e. The van der Waals surface area contributed by atoms with Crippen molar-refractivity contribution in [1.82, 2.24) is 19.4 Å². The zero-order chi connectivity index (χ0) is 22.8. The first-order valence-electron chi connectivity index (χ1n) is 11.7. The molecule has 3 heterocycles. The fourth-order valence-electron chi connectivity index (χ4n) is 4.12. The predicted octanol–water partition coefficient (Wildman–Crippen LogP) is 5.81. The van der Waals surface area contributed by atoms with Gasteiger partial charge in [0.15, 0.2) is 0 Å². The lowest BCUT2D eigenvalue weighted by Gasteiger charge is -2.37. The second kappa shape index (κ2) is 10.1. The van der Waals surface area contributed by atoms with Gasteiger partial charge >= 0.3 is 6.03 Å². The van der Waals surface area contributed by atoms with Gasteiger partial charge in [0.1, 0.15) is 0 Å². The Morgan fingerprint density at radius 3 is 2.69 bits per heavy atom. The van der Waals surface area contributed by atoms with Crippen molar-refractivity contribution >= 4 is 40.9 Å². The highest BCUT2D eigenvalue weighted by atomic mass is 32.2. The maximum Gasteiger partial charge on any atom is 0.330 e. The van der Waals surface area contributed by atoms with Gasteiger partial charge in [-0.2, -0.15) is 5.10 Å². The van der Waals surface area contributed by atoms with Gasteiger partial charge in [0.25, 0.3) is 0 Å². The quantitative estimate of drug-likeness (QED) is 0.471. The highest BCUT2D eigenvalue weighted by Gasteiger charge is 2.29. The zero-order valence-corrected chi connectivity index (χ0v) is 21.4. The van der Waals surface area contributed by atoms with Crippen molar-refractivity contribution in [1.29, 1.82) is 0 Å². The van der Waals surface area contributed by atoms with Crippen molar-refractivity contribution in [3.05, 3.63) is 28.2 Å². The van der Waals surface area contributed by atoms with Gasteiger partial charge in [0, 0.05) is 22.5 Å². The molecule has 2 aliphatic rings. The molecule has 7 nitrogen and oxygen atoms in total. The largest absolute Gasteiger partial charge is 0.330 e. The molecule has 32 heavy (non-hydrogen) atoms. The molecule has 1 aliphatic carbocycles. The van der Waals surface area contributed by atoms with Crippen LogP contribution in [0.5, 0.6) is 0 Å². The third kappa shape index (κ3) is 5.61. The lowest BCUT2D eigenvalue weighted by molar-refractivity contribution is 0.253. The number of carbonyl (C=O) groups excluding carboxylic acids is 1. The summed E-state index contributed by atoms with van der Waals surface area (Å²) in [4.78, 5) is 17.8. The number of hydrogen-bond donors (Lipinski definition) is 2. The lowest BCUT2D eigenvalue weighted by Crippen LogP contribution is -2.45. The standard InChI is InChI=1S/C23H36N6OS2/c1-15(2)21-11-20(22(31-21)16(3)4)25-23(30)26-32-29(18-7-6-10-27(5)13-18)19-12-24-28(14-19)17-8-9-17/h11-12,14-18H,6-10,13H2,1-5H3,(H2,25,26,30). The van der Waals surface area contributed by atoms with Gasteiger partial charge in [-0.3, -0.25) is 13.7 Å². The minimum absolute atomic E-state index is 0.186. The lowest BCUT2D eigenvalue weighted by atomic mass is 10.1. The minimum atomic E-state index is -0.186. The Balaban J connectivity index is 1.45.